The fraction of sp³-hybridized carbons (Fsp3) is 0.400. The van der Waals surface area contributed by atoms with Crippen LogP contribution in [0, 0.1) is 5.82 Å². The summed E-state index contributed by atoms with van der Waals surface area (Å²) in [5.74, 6) is 0.297. The number of hydrogen-bond acceptors (Lipinski definition) is 3. The second-order valence-corrected chi connectivity index (χ2v) is 4.79. The molecule has 1 aromatic heterocycles. The Morgan fingerprint density at radius 1 is 1.40 bits per heavy atom. The van der Waals surface area contributed by atoms with Crippen LogP contribution in [0.25, 0.3) is 0 Å². The van der Waals surface area contributed by atoms with E-state index >= 15 is 0 Å². The zero-order valence-electron chi connectivity index (χ0n) is 11.8. The van der Waals surface area contributed by atoms with Crippen molar-refractivity contribution in [1.82, 2.24) is 9.78 Å². The van der Waals surface area contributed by atoms with Gasteiger partial charge in [0.2, 0.25) is 0 Å². The fourth-order valence-corrected chi connectivity index (χ4v) is 1.89. The zero-order chi connectivity index (χ0) is 14.5. The van der Waals surface area contributed by atoms with E-state index in [4.69, 9.17) is 10.5 Å². The Kier molecular flexibility index (Phi) is 4.74. The number of ether oxygens (including phenoxy) is 1. The molecule has 1 unspecified atom stereocenters. The molecule has 0 saturated heterocycles. The second kappa shape index (κ2) is 6.52. The van der Waals surface area contributed by atoms with Crippen molar-refractivity contribution in [2.75, 3.05) is 0 Å². The number of aromatic nitrogens is 2. The van der Waals surface area contributed by atoms with Gasteiger partial charge in [-0.25, -0.2) is 4.39 Å². The first kappa shape index (κ1) is 14.5. The van der Waals surface area contributed by atoms with Crippen molar-refractivity contribution in [2.45, 2.75) is 39.5 Å². The maximum atomic E-state index is 13.1. The standard InChI is InChI=1S/C15H20FN3O/c1-3-11(2)19-7-6-14(18-19)10-20-15-5-4-13(16)8-12(15)9-17/h4-8,11H,3,9-10,17H2,1-2H3. The van der Waals surface area contributed by atoms with Gasteiger partial charge in [0.1, 0.15) is 18.2 Å². The van der Waals surface area contributed by atoms with Gasteiger partial charge in [0, 0.05) is 24.3 Å². The minimum atomic E-state index is -0.307. The highest BCUT2D eigenvalue weighted by molar-refractivity contribution is 5.33. The lowest BCUT2D eigenvalue weighted by atomic mass is 10.2. The van der Waals surface area contributed by atoms with Crippen LogP contribution in [0.1, 0.15) is 37.6 Å². The third-order valence-corrected chi connectivity index (χ3v) is 3.32. The molecule has 2 aromatic rings. The van der Waals surface area contributed by atoms with Gasteiger partial charge in [-0.2, -0.15) is 5.10 Å². The molecule has 0 amide bonds. The van der Waals surface area contributed by atoms with E-state index in [1.54, 1.807) is 6.07 Å². The molecular weight excluding hydrogens is 257 g/mol. The van der Waals surface area contributed by atoms with Crippen LogP contribution in [-0.4, -0.2) is 9.78 Å². The summed E-state index contributed by atoms with van der Waals surface area (Å²) in [6, 6.07) is 6.66. The number of halogens is 1. The Morgan fingerprint density at radius 3 is 2.90 bits per heavy atom. The molecule has 0 fully saturated rings. The van der Waals surface area contributed by atoms with Crippen molar-refractivity contribution >= 4 is 0 Å². The van der Waals surface area contributed by atoms with Crippen molar-refractivity contribution in [3.05, 3.63) is 47.5 Å². The lowest BCUT2D eigenvalue weighted by Gasteiger charge is -2.10. The fourth-order valence-electron chi connectivity index (χ4n) is 1.89. The summed E-state index contributed by atoms with van der Waals surface area (Å²) in [7, 11) is 0. The Hall–Kier alpha value is -1.88. The molecule has 0 aliphatic heterocycles. The maximum Gasteiger partial charge on any atom is 0.132 e. The largest absolute Gasteiger partial charge is 0.487 e. The average molecular weight is 277 g/mol. The minimum Gasteiger partial charge on any atom is -0.487 e. The summed E-state index contributed by atoms with van der Waals surface area (Å²) in [5, 5.41) is 4.46. The molecule has 0 aliphatic rings. The maximum absolute atomic E-state index is 13.1. The van der Waals surface area contributed by atoms with E-state index in [2.05, 4.69) is 18.9 Å². The van der Waals surface area contributed by atoms with Crippen molar-refractivity contribution in [3.63, 3.8) is 0 Å². The molecule has 2 rings (SSSR count). The Balaban J connectivity index is 2.03. The molecule has 20 heavy (non-hydrogen) atoms. The van der Waals surface area contributed by atoms with Crippen LogP contribution in [0.3, 0.4) is 0 Å². The van der Waals surface area contributed by atoms with E-state index < -0.39 is 0 Å². The predicted octanol–water partition coefficient (Wildman–Crippen LogP) is 3.03. The van der Waals surface area contributed by atoms with Gasteiger partial charge >= 0.3 is 0 Å². The van der Waals surface area contributed by atoms with Gasteiger partial charge in [-0.15, -0.1) is 0 Å². The van der Waals surface area contributed by atoms with Crippen molar-refractivity contribution in [2.24, 2.45) is 5.73 Å². The quantitative estimate of drug-likeness (QED) is 0.883. The first-order chi connectivity index (χ1) is 9.63. The van der Waals surface area contributed by atoms with E-state index in [-0.39, 0.29) is 12.4 Å². The van der Waals surface area contributed by atoms with Gasteiger partial charge in [-0.3, -0.25) is 4.68 Å². The topological polar surface area (TPSA) is 53.1 Å². The number of nitrogens with zero attached hydrogens (tertiary/aromatic N) is 2. The molecule has 1 aromatic carbocycles. The first-order valence-corrected chi connectivity index (χ1v) is 6.79. The minimum absolute atomic E-state index is 0.244. The molecule has 0 saturated carbocycles. The number of rotatable bonds is 6. The van der Waals surface area contributed by atoms with Gasteiger partial charge < -0.3 is 10.5 Å². The molecule has 0 bridgehead atoms. The third-order valence-electron chi connectivity index (χ3n) is 3.32. The molecule has 5 heteroatoms. The van der Waals surface area contributed by atoms with E-state index in [9.17, 15) is 4.39 Å². The van der Waals surface area contributed by atoms with Crippen LogP contribution in [0.5, 0.6) is 5.75 Å². The summed E-state index contributed by atoms with van der Waals surface area (Å²) in [6.07, 6.45) is 2.97. The van der Waals surface area contributed by atoms with Crippen molar-refractivity contribution < 1.29 is 9.13 Å². The highest BCUT2D eigenvalue weighted by atomic mass is 19.1. The van der Waals surface area contributed by atoms with Crippen LogP contribution in [0.2, 0.25) is 0 Å². The first-order valence-electron chi connectivity index (χ1n) is 6.79. The molecule has 2 N–H and O–H groups in total. The Bertz CT molecular complexity index is 568. The summed E-state index contributed by atoms with van der Waals surface area (Å²) < 4.78 is 20.7. The van der Waals surface area contributed by atoms with E-state index in [0.717, 1.165) is 12.1 Å². The number of benzene rings is 1. The van der Waals surface area contributed by atoms with Gasteiger partial charge in [0.05, 0.1) is 5.69 Å². The SMILES string of the molecule is CCC(C)n1ccc(COc2ccc(F)cc2CN)n1. The van der Waals surface area contributed by atoms with Gasteiger partial charge in [-0.1, -0.05) is 6.92 Å². The molecule has 0 radical (unpaired) electrons. The normalized spacial score (nSPS) is 12.4. The molecule has 108 valence electrons. The molecule has 0 spiro atoms. The summed E-state index contributed by atoms with van der Waals surface area (Å²) in [4.78, 5) is 0. The third kappa shape index (κ3) is 3.36. The smallest absolute Gasteiger partial charge is 0.132 e. The monoisotopic (exact) mass is 277 g/mol. The summed E-state index contributed by atoms with van der Waals surface area (Å²) in [5.41, 5.74) is 7.09. The van der Waals surface area contributed by atoms with E-state index in [0.29, 0.717) is 24.0 Å². The second-order valence-electron chi connectivity index (χ2n) is 4.79. The zero-order valence-corrected chi connectivity index (χ0v) is 11.8. The highest BCUT2D eigenvalue weighted by Gasteiger charge is 2.07. The van der Waals surface area contributed by atoms with E-state index in [1.165, 1.54) is 12.1 Å². The lowest BCUT2D eigenvalue weighted by molar-refractivity contribution is 0.294. The molecule has 1 heterocycles. The van der Waals surface area contributed by atoms with Gasteiger partial charge in [0.15, 0.2) is 0 Å². The van der Waals surface area contributed by atoms with Crippen LogP contribution >= 0.6 is 0 Å². The average Bonchev–Trinajstić information content (AvgIpc) is 2.93. The molecular formula is C15H20FN3O. The highest BCUT2D eigenvalue weighted by Crippen LogP contribution is 2.20. The van der Waals surface area contributed by atoms with Crippen LogP contribution in [0.15, 0.2) is 30.5 Å². The number of hydrogen-bond donors (Lipinski definition) is 1. The molecule has 1 atom stereocenters. The molecule has 0 aliphatic carbocycles. The van der Waals surface area contributed by atoms with E-state index in [1.807, 2.05) is 16.9 Å². The predicted molar refractivity (Wildman–Crippen MR) is 75.9 cm³/mol. The Labute approximate surface area is 118 Å². The number of nitrogens with two attached hydrogens (primary N) is 1. The molecule has 4 nitrogen and oxygen atoms in total. The van der Waals surface area contributed by atoms with Crippen LogP contribution < -0.4 is 10.5 Å². The van der Waals surface area contributed by atoms with Crippen molar-refractivity contribution in [3.8, 4) is 5.75 Å². The lowest BCUT2D eigenvalue weighted by Crippen LogP contribution is -2.07. The van der Waals surface area contributed by atoms with Crippen molar-refractivity contribution in [1.29, 1.82) is 0 Å². The van der Waals surface area contributed by atoms with Gasteiger partial charge in [0.25, 0.3) is 0 Å². The summed E-state index contributed by atoms with van der Waals surface area (Å²) >= 11 is 0. The van der Waals surface area contributed by atoms with Crippen LogP contribution in [-0.2, 0) is 13.2 Å². The summed E-state index contributed by atoms with van der Waals surface area (Å²) in [6.45, 7) is 4.83. The van der Waals surface area contributed by atoms with Gasteiger partial charge in [-0.05, 0) is 37.6 Å². The van der Waals surface area contributed by atoms with Crippen LogP contribution in [0.4, 0.5) is 4.39 Å². The Morgan fingerprint density at radius 2 is 2.20 bits per heavy atom.